The summed E-state index contributed by atoms with van der Waals surface area (Å²) in [6, 6.07) is 1.92. The van der Waals surface area contributed by atoms with Gasteiger partial charge >= 0.3 is 0 Å². The topological polar surface area (TPSA) is 55.6 Å². The van der Waals surface area contributed by atoms with E-state index in [2.05, 4.69) is 40.5 Å². The molecule has 0 aliphatic heterocycles. The third-order valence-corrected chi connectivity index (χ3v) is 2.95. The van der Waals surface area contributed by atoms with E-state index < -0.39 is 0 Å². The number of rotatable bonds is 4. The Morgan fingerprint density at radius 3 is 2.82 bits per heavy atom. The summed E-state index contributed by atoms with van der Waals surface area (Å²) in [4.78, 5) is 4.47. The van der Waals surface area contributed by atoms with Gasteiger partial charge in [-0.3, -0.25) is 4.68 Å². The Bertz CT molecular complexity index is 454. The van der Waals surface area contributed by atoms with Crippen molar-refractivity contribution in [3.8, 4) is 0 Å². The number of nitrogens with one attached hydrogen (secondary N) is 1. The molecule has 0 bridgehead atoms. The first-order chi connectivity index (χ1) is 8.05. The molecule has 0 radical (unpaired) electrons. The molecular weight excluding hydrogens is 234 g/mol. The highest BCUT2D eigenvalue weighted by molar-refractivity contribution is 7.09. The lowest BCUT2D eigenvalue weighted by molar-refractivity contribution is 0.555. The van der Waals surface area contributed by atoms with Gasteiger partial charge in [0.15, 0.2) is 0 Å². The van der Waals surface area contributed by atoms with E-state index in [4.69, 9.17) is 0 Å². The Kier molecular flexibility index (Phi) is 3.42. The average molecular weight is 251 g/mol. The predicted octanol–water partition coefficient (Wildman–Crippen LogP) is 2.14. The lowest BCUT2D eigenvalue weighted by atomic mass is 9.96. The summed E-state index contributed by atoms with van der Waals surface area (Å²) >= 11 is 1.41. The number of anilines is 1. The van der Waals surface area contributed by atoms with E-state index in [1.165, 1.54) is 11.5 Å². The highest BCUT2D eigenvalue weighted by Crippen LogP contribution is 2.22. The molecule has 0 amide bonds. The molecule has 17 heavy (non-hydrogen) atoms. The van der Waals surface area contributed by atoms with Crippen molar-refractivity contribution in [2.24, 2.45) is 0 Å². The molecule has 1 N–H and O–H groups in total. The van der Waals surface area contributed by atoms with Gasteiger partial charge < -0.3 is 5.32 Å². The maximum absolute atomic E-state index is 4.47. The zero-order chi connectivity index (χ0) is 12.3. The van der Waals surface area contributed by atoms with Crippen LogP contribution in [0, 0.1) is 0 Å². The minimum Gasteiger partial charge on any atom is -0.358 e. The van der Waals surface area contributed by atoms with Crippen LogP contribution in [0.4, 0.5) is 5.13 Å². The van der Waals surface area contributed by atoms with Crippen LogP contribution in [0.2, 0.25) is 0 Å². The summed E-state index contributed by atoms with van der Waals surface area (Å²) in [5.74, 6) is 0.893. The molecule has 0 aromatic carbocycles. The fourth-order valence-corrected chi connectivity index (χ4v) is 2.09. The van der Waals surface area contributed by atoms with Gasteiger partial charge in [0.25, 0.3) is 0 Å². The maximum Gasteiger partial charge on any atom is 0.202 e. The Morgan fingerprint density at radius 2 is 2.24 bits per heavy atom. The van der Waals surface area contributed by atoms with Crippen molar-refractivity contribution < 1.29 is 0 Å². The zero-order valence-corrected chi connectivity index (χ0v) is 11.2. The molecule has 0 atom stereocenters. The molecule has 0 aliphatic rings. The third-order valence-electron chi connectivity index (χ3n) is 2.27. The lowest BCUT2D eigenvalue weighted by Gasteiger charge is -2.12. The molecule has 92 valence electrons. The minimum atomic E-state index is 0.0123. The SMILES string of the molecule is CC(C)(C)c1nsc(NCCn2cccn2)n1. The van der Waals surface area contributed by atoms with Crippen LogP contribution in [0.15, 0.2) is 18.5 Å². The number of aromatic nitrogens is 4. The summed E-state index contributed by atoms with van der Waals surface area (Å²) in [6.45, 7) is 7.98. The number of hydrogen-bond acceptors (Lipinski definition) is 5. The van der Waals surface area contributed by atoms with Gasteiger partial charge in [-0.1, -0.05) is 20.8 Å². The van der Waals surface area contributed by atoms with Crippen LogP contribution in [0.1, 0.15) is 26.6 Å². The molecule has 2 aromatic rings. The fraction of sp³-hybridized carbons (Fsp3) is 0.545. The van der Waals surface area contributed by atoms with Crippen molar-refractivity contribution >= 4 is 16.7 Å². The molecule has 0 saturated carbocycles. The van der Waals surface area contributed by atoms with Crippen molar-refractivity contribution in [1.82, 2.24) is 19.1 Å². The van der Waals surface area contributed by atoms with Gasteiger partial charge in [-0.2, -0.15) is 9.47 Å². The first kappa shape index (κ1) is 12.0. The van der Waals surface area contributed by atoms with E-state index in [1.807, 2.05) is 16.9 Å². The van der Waals surface area contributed by atoms with Crippen LogP contribution in [0.5, 0.6) is 0 Å². The van der Waals surface area contributed by atoms with Crippen molar-refractivity contribution in [2.45, 2.75) is 32.7 Å². The van der Waals surface area contributed by atoms with Crippen molar-refractivity contribution in [3.63, 3.8) is 0 Å². The summed E-state index contributed by atoms with van der Waals surface area (Å²) in [6.07, 6.45) is 3.73. The number of nitrogens with zero attached hydrogens (tertiary/aromatic N) is 4. The first-order valence-electron chi connectivity index (χ1n) is 5.61. The normalized spacial score (nSPS) is 11.7. The molecule has 0 saturated heterocycles. The van der Waals surface area contributed by atoms with E-state index in [1.54, 1.807) is 6.20 Å². The van der Waals surface area contributed by atoms with Gasteiger partial charge in [0.05, 0.1) is 6.54 Å². The molecular formula is C11H17N5S. The van der Waals surface area contributed by atoms with Crippen molar-refractivity contribution in [1.29, 1.82) is 0 Å². The van der Waals surface area contributed by atoms with Gasteiger partial charge in [-0.25, -0.2) is 4.98 Å². The molecule has 2 rings (SSSR count). The van der Waals surface area contributed by atoms with E-state index >= 15 is 0 Å². The number of hydrogen-bond donors (Lipinski definition) is 1. The molecule has 0 unspecified atom stereocenters. The van der Waals surface area contributed by atoms with Crippen molar-refractivity contribution in [3.05, 3.63) is 24.3 Å². The Labute approximate surface area is 105 Å². The lowest BCUT2D eigenvalue weighted by Crippen LogP contribution is -2.14. The second-order valence-corrected chi connectivity index (χ2v) is 5.62. The molecule has 2 aromatic heterocycles. The molecule has 0 spiro atoms. The molecule has 0 fully saturated rings. The predicted molar refractivity (Wildman–Crippen MR) is 69.3 cm³/mol. The summed E-state index contributed by atoms with van der Waals surface area (Å²) < 4.78 is 6.24. The van der Waals surface area contributed by atoms with E-state index in [0.717, 1.165) is 24.0 Å². The average Bonchev–Trinajstić information content (AvgIpc) is 2.86. The van der Waals surface area contributed by atoms with Gasteiger partial charge in [0.1, 0.15) is 5.82 Å². The largest absolute Gasteiger partial charge is 0.358 e. The van der Waals surface area contributed by atoms with Crippen LogP contribution in [0.25, 0.3) is 0 Å². The van der Waals surface area contributed by atoms with Crippen LogP contribution in [-0.4, -0.2) is 25.7 Å². The molecule has 5 nitrogen and oxygen atoms in total. The summed E-state index contributed by atoms with van der Waals surface area (Å²) in [7, 11) is 0. The van der Waals surface area contributed by atoms with Crippen LogP contribution >= 0.6 is 11.5 Å². The highest BCUT2D eigenvalue weighted by atomic mass is 32.1. The molecule has 0 aliphatic carbocycles. The highest BCUT2D eigenvalue weighted by Gasteiger charge is 2.19. The Morgan fingerprint density at radius 1 is 1.41 bits per heavy atom. The minimum absolute atomic E-state index is 0.0123. The van der Waals surface area contributed by atoms with Gasteiger partial charge in [-0.05, 0) is 6.07 Å². The quantitative estimate of drug-likeness (QED) is 0.904. The first-order valence-corrected chi connectivity index (χ1v) is 6.38. The monoisotopic (exact) mass is 251 g/mol. The standard InChI is InChI=1S/C11H17N5S/c1-11(2,3)9-14-10(17-15-9)12-6-8-16-7-4-5-13-16/h4-5,7H,6,8H2,1-3H3,(H,12,14,15). The smallest absolute Gasteiger partial charge is 0.202 e. The molecule has 2 heterocycles. The second kappa shape index (κ2) is 4.83. The Balaban J connectivity index is 1.85. The Hall–Kier alpha value is -1.43. The van der Waals surface area contributed by atoms with E-state index in [9.17, 15) is 0 Å². The molecule has 6 heteroatoms. The fourth-order valence-electron chi connectivity index (χ4n) is 1.31. The van der Waals surface area contributed by atoms with Gasteiger partial charge in [0, 0.05) is 35.9 Å². The third kappa shape index (κ3) is 3.26. The zero-order valence-electron chi connectivity index (χ0n) is 10.3. The van der Waals surface area contributed by atoms with E-state index in [0.29, 0.717) is 0 Å². The summed E-state index contributed by atoms with van der Waals surface area (Å²) in [5.41, 5.74) is 0.0123. The summed E-state index contributed by atoms with van der Waals surface area (Å²) in [5, 5.41) is 8.27. The maximum atomic E-state index is 4.47. The van der Waals surface area contributed by atoms with Crippen LogP contribution in [-0.2, 0) is 12.0 Å². The second-order valence-electron chi connectivity index (χ2n) is 4.87. The van der Waals surface area contributed by atoms with Gasteiger partial charge in [-0.15, -0.1) is 0 Å². The van der Waals surface area contributed by atoms with Crippen LogP contribution in [0.3, 0.4) is 0 Å². The van der Waals surface area contributed by atoms with Crippen LogP contribution < -0.4 is 5.32 Å². The van der Waals surface area contributed by atoms with E-state index in [-0.39, 0.29) is 5.41 Å². The van der Waals surface area contributed by atoms with Gasteiger partial charge in [0.2, 0.25) is 5.13 Å². The van der Waals surface area contributed by atoms with Crippen molar-refractivity contribution in [2.75, 3.05) is 11.9 Å².